The van der Waals surface area contributed by atoms with Gasteiger partial charge in [-0.2, -0.15) is 0 Å². The molecule has 0 amide bonds. The molecule has 2 rings (SSSR count). The number of benzene rings is 1. The Morgan fingerprint density at radius 3 is 2.31 bits per heavy atom. The second kappa shape index (κ2) is 5.26. The van der Waals surface area contributed by atoms with Crippen LogP contribution in [0.4, 0.5) is 11.6 Å². The van der Waals surface area contributed by atoms with Gasteiger partial charge in [0.2, 0.25) is 5.95 Å². The summed E-state index contributed by atoms with van der Waals surface area (Å²) in [5.74, 6) is 0.760. The first kappa shape index (κ1) is 10.6. The van der Waals surface area contributed by atoms with Crippen molar-refractivity contribution in [2.24, 2.45) is 0 Å². The minimum absolute atomic E-state index is 0.760. The van der Waals surface area contributed by atoms with Gasteiger partial charge in [-0.15, -0.1) is 0 Å². The number of anilines is 2. The molecule has 3 heteroatoms. The third-order valence-electron chi connectivity index (χ3n) is 2.31. The van der Waals surface area contributed by atoms with Crippen LogP contribution in [0.5, 0.6) is 0 Å². The molecule has 0 fully saturated rings. The van der Waals surface area contributed by atoms with Crippen LogP contribution in [0.1, 0.15) is 13.3 Å². The summed E-state index contributed by atoms with van der Waals surface area (Å²) in [6.45, 7) is 3.08. The van der Waals surface area contributed by atoms with E-state index in [0.717, 1.165) is 24.6 Å². The normalized spacial score (nSPS) is 10.1. The summed E-state index contributed by atoms with van der Waals surface area (Å²) in [5.41, 5.74) is 1.13. The van der Waals surface area contributed by atoms with E-state index in [4.69, 9.17) is 0 Å². The first-order valence-corrected chi connectivity index (χ1v) is 5.51. The summed E-state index contributed by atoms with van der Waals surface area (Å²) >= 11 is 0. The van der Waals surface area contributed by atoms with Crippen molar-refractivity contribution in [3.05, 3.63) is 48.8 Å². The fourth-order valence-electron chi connectivity index (χ4n) is 1.61. The molecule has 0 spiro atoms. The van der Waals surface area contributed by atoms with Crippen LogP contribution in [-0.4, -0.2) is 16.5 Å². The Balaban J connectivity index is 2.31. The Hall–Kier alpha value is -1.90. The molecule has 3 nitrogen and oxygen atoms in total. The van der Waals surface area contributed by atoms with Crippen molar-refractivity contribution in [3.8, 4) is 0 Å². The van der Waals surface area contributed by atoms with Gasteiger partial charge < -0.3 is 4.90 Å². The van der Waals surface area contributed by atoms with Gasteiger partial charge in [0, 0.05) is 24.6 Å². The number of aromatic nitrogens is 2. The molecule has 1 aromatic heterocycles. The quantitative estimate of drug-likeness (QED) is 0.781. The van der Waals surface area contributed by atoms with Gasteiger partial charge in [-0.1, -0.05) is 25.1 Å². The minimum Gasteiger partial charge on any atom is -0.311 e. The predicted octanol–water partition coefficient (Wildman–Crippen LogP) is 3.02. The highest BCUT2D eigenvalue weighted by molar-refractivity contribution is 5.56. The number of hydrogen-bond donors (Lipinski definition) is 0. The molecule has 0 aliphatic heterocycles. The summed E-state index contributed by atoms with van der Waals surface area (Å²) < 4.78 is 0. The number of hydrogen-bond acceptors (Lipinski definition) is 3. The molecule has 0 radical (unpaired) electrons. The van der Waals surface area contributed by atoms with Crippen molar-refractivity contribution in [1.29, 1.82) is 0 Å². The minimum atomic E-state index is 0.760. The average Bonchev–Trinajstić information content (AvgIpc) is 2.38. The molecule has 0 atom stereocenters. The van der Waals surface area contributed by atoms with Crippen molar-refractivity contribution >= 4 is 11.6 Å². The molecule has 0 bridgehead atoms. The van der Waals surface area contributed by atoms with E-state index in [1.54, 1.807) is 12.4 Å². The highest BCUT2D eigenvalue weighted by Gasteiger charge is 2.09. The van der Waals surface area contributed by atoms with Gasteiger partial charge >= 0.3 is 0 Å². The molecule has 16 heavy (non-hydrogen) atoms. The fraction of sp³-hybridized carbons (Fsp3) is 0.231. The van der Waals surface area contributed by atoms with Gasteiger partial charge in [-0.05, 0) is 24.6 Å². The molecular formula is C13H15N3. The summed E-state index contributed by atoms with van der Waals surface area (Å²) in [7, 11) is 0. The smallest absolute Gasteiger partial charge is 0.229 e. The van der Waals surface area contributed by atoms with Gasteiger partial charge in [0.05, 0.1) is 0 Å². The van der Waals surface area contributed by atoms with Crippen molar-refractivity contribution in [2.75, 3.05) is 11.4 Å². The zero-order valence-electron chi connectivity index (χ0n) is 9.37. The largest absolute Gasteiger partial charge is 0.311 e. The van der Waals surface area contributed by atoms with Crippen LogP contribution >= 0.6 is 0 Å². The van der Waals surface area contributed by atoms with Crippen molar-refractivity contribution in [1.82, 2.24) is 9.97 Å². The monoisotopic (exact) mass is 213 g/mol. The second-order valence-corrected chi connectivity index (χ2v) is 3.54. The van der Waals surface area contributed by atoms with Crippen molar-refractivity contribution in [3.63, 3.8) is 0 Å². The Kier molecular flexibility index (Phi) is 3.49. The van der Waals surface area contributed by atoms with Crippen LogP contribution in [0.25, 0.3) is 0 Å². The first-order chi connectivity index (χ1) is 7.92. The lowest BCUT2D eigenvalue weighted by molar-refractivity contribution is 0.852. The average molecular weight is 213 g/mol. The van der Waals surface area contributed by atoms with Crippen molar-refractivity contribution in [2.45, 2.75) is 13.3 Å². The number of nitrogens with zero attached hydrogens (tertiary/aromatic N) is 3. The predicted molar refractivity (Wildman–Crippen MR) is 65.8 cm³/mol. The first-order valence-electron chi connectivity index (χ1n) is 5.51. The van der Waals surface area contributed by atoms with Gasteiger partial charge in [-0.25, -0.2) is 9.97 Å². The van der Waals surface area contributed by atoms with E-state index < -0.39 is 0 Å². The Morgan fingerprint density at radius 2 is 1.69 bits per heavy atom. The molecule has 0 saturated carbocycles. The van der Waals surface area contributed by atoms with Crippen LogP contribution < -0.4 is 4.90 Å². The maximum atomic E-state index is 4.29. The molecule has 0 unspecified atom stereocenters. The molecule has 1 heterocycles. The molecule has 0 aliphatic carbocycles. The van der Waals surface area contributed by atoms with Crippen molar-refractivity contribution < 1.29 is 0 Å². The molecule has 0 saturated heterocycles. The maximum Gasteiger partial charge on any atom is 0.229 e. The number of rotatable bonds is 4. The summed E-state index contributed by atoms with van der Waals surface area (Å²) in [6.07, 6.45) is 4.61. The van der Waals surface area contributed by atoms with Gasteiger partial charge in [0.15, 0.2) is 0 Å². The van der Waals surface area contributed by atoms with Crippen LogP contribution in [0.3, 0.4) is 0 Å². The van der Waals surface area contributed by atoms with E-state index in [-0.39, 0.29) is 0 Å². The third kappa shape index (κ3) is 2.37. The van der Waals surface area contributed by atoms with Gasteiger partial charge in [-0.3, -0.25) is 0 Å². The summed E-state index contributed by atoms with van der Waals surface area (Å²) in [4.78, 5) is 10.7. The lowest BCUT2D eigenvalue weighted by Gasteiger charge is -2.21. The van der Waals surface area contributed by atoms with E-state index in [0.29, 0.717) is 0 Å². The third-order valence-corrected chi connectivity index (χ3v) is 2.31. The molecular weight excluding hydrogens is 198 g/mol. The maximum absolute atomic E-state index is 4.29. The molecule has 0 N–H and O–H groups in total. The zero-order valence-corrected chi connectivity index (χ0v) is 9.37. The highest BCUT2D eigenvalue weighted by atomic mass is 15.2. The highest BCUT2D eigenvalue weighted by Crippen LogP contribution is 2.20. The van der Waals surface area contributed by atoms with Crippen LogP contribution in [0.15, 0.2) is 48.8 Å². The Morgan fingerprint density at radius 1 is 1.00 bits per heavy atom. The molecule has 82 valence electrons. The van der Waals surface area contributed by atoms with Gasteiger partial charge in [0.25, 0.3) is 0 Å². The van der Waals surface area contributed by atoms with E-state index in [1.165, 1.54) is 0 Å². The van der Waals surface area contributed by atoms with E-state index in [9.17, 15) is 0 Å². The summed E-state index contributed by atoms with van der Waals surface area (Å²) in [5, 5.41) is 0. The second-order valence-electron chi connectivity index (χ2n) is 3.54. The number of para-hydroxylation sites is 1. The lowest BCUT2D eigenvalue weighted by atomic mass is 10.3. The SMILES string of the molecule is CCCN(c1ccccc1)c1ncccn1. The van der Waals surface area contributed by atoms with Gasteiger partial charge in [0.1, 0.15) is 0 Å². The van der Waals surface area contributed by atoms with E-state index >= 15 is 0 Å². The Bertz CT molecular complexity index is 374. The Labute approximate surface area is 95.8 Å². The van der Waals surface area contributed by atoms with Crippen LogP contribution in [0.2, 0.25) is 0 Å². The topological polar surface area (TPSA) is 29.0 Å². The molecule has 1 aromatic carbocycles. The lowest BCUT2D eigenvalue weighted by Crippen LogP contribution is -2.19. The van der Waals surface area contributed by atoms with E-state index in [2.05, 4.69) is 33.9 Å². The van der Waals surface area contributed by atoms with Crippen LogP contribution in [-0.2, 0) is 0 Å². The van der Waals surface area contributed by atoms with Crippen LogP contribution in [0, 0.1) is 0 Å². The molecule has 0 aliphatic rings. The standard InChI is InChI=1S/C13H15N3/c1-2-11-16(12-7-4-3-5-8-12)13-14-9-6-10-15-13/h3-10H,2,11H2,1H3. The molecule has 2 aromatic rings. The fourth-order valence-corrected chi connectivity index (χ4v) is 1.61. The van der Waals surface area contributed by atoms with E-state index in [1.807, 2.05) is 24.3 Å². The zero-order chi connectivity index (χ0) is 11.2. The summed E-state index contributed by atoms with van der Waals surface area (Å²) in [6, 6.07) is 12.1.